The zero-order valence-corrected chi connectivity index (χ0v) is 5.99. The summed E-state index contributed by atoms with van der Waals surface area (Å²) in [5.41, 5.74) is 0. The van der Waals surface area contributed by atoms with E-state index in [4.69, 9.17) is 0 Å². The molecule has 0 saturated heterocycles. The number of nitrogens with zero attached hydrogens (tertiary/aromatic N) is 4. The number of aryl methyl sites for hydroxylation is 1. The standard InChI is InChI=1S/C6H10N4/c1-10-6(7-8-9-10)5-3-2-4-5/h5H,2-4H2,1H3. The Morgan fingerprint density at radius 1 is 1.50 bits per heavy atom. The van der Waals surface area contributed by atoms with Gasteiger partial charge in [-0.25, -0.2) is 4.68 Å². The van der Waals surface area contributed by atoms with Crippen LogP contribution in [0.2, 0.25) is 0 Å². The minimum atomic E-state index is 0.639. The number of hydrogen-bond acceptors (Lipinski definition) is 3. The van der Waals surface area contributed by atoms with Crippen LogP contribution in [0.5, 0.6) is 0 Å². The first-order valence-electron chi connectivity index (χ1n) is 3.60. The molecule has 10 heavy (non-hydrogen) atoms. The normalized spacial score (nSPS) is 18.9. The van der Waals surface area contributed by atoms with Gasteiger partial charge in [-0.2, -0.15) is 0 Å². The van der Waals surface area contributed by atoms with Crippen LogP contribution < -0.4 is 0 Å². The molecule has 1 saturated carbocycles. The Morgan fingerprint density at radius 3 is 2.70 bits per heavy atom. The fraction of sp³-hybridized carbons (Fsp3) is 0.833. The fourth-order valence-corrected chi connectivity index (χ4v) is 1.25. The first-order valence-corrected chi connectivity index (χ1v) is 3.60. The summed E-state index contributed by atoms with van der Waals surface area (Å²) < 4.78 is 1.77. The van der Waals surface area contributed by atoms with E-state index in [1.807, 2.05) is 7.05 Å². The van der Waals surface area contributed by atoms with Crippen molar-refractivity contribution in [1.82, 2.24) is 20.2 Å². The summed E-state index contributed by atoms with van der Waals surface area (Å²) >= 11 is 0. The van der Waals surface area contributed by atoms with Crippen LogP contribution in [-0.2, 0) is 7.05 Å². The molecule has 4 heteroatoms. The number of hydrogen-bond donors (Lipinski definition) is 0. The van der Waals surface area contributed by atoms with Gasteiger partial charge in [0.2, 0.25) is 0 Å². The van der Waals surface area contributed by atoms with Crippen molar-refractivity contribution in [2.45, 2.75) is 25.2 Å². The molecule has 0 aliphatic heterocycles. The van der Waals surface area contributed by atoms with Gasteiger partial charge in [0.15, 0.2) is 5.82 Å². The number of rotatable bonds is 1. The van der Waals surface area contributed by atoms with E-state index >= 15 is 0 Å². The van der Waals surface area contributed by atoms with Crippen molar-refractivity contribution >= 4 is 0 Å². The topological polar surface area (TPSA) is 43.6 Å². The van der Waals surface area contributed by atoms with Gasteiger partial charge in [-0.1, -0.05) is 6.42 Å². The minimum absolute atomic E-state index is 0.639. The average Bonchev–Trinajstić information content (AvgIpc) is 2.12. The number of aromatic nitrogens is 4. The Kier molecular flexibility index (Phi) is 1.19. The summed E-state index contributed by atoms with van der Waals surface area (Å²) in [6.07, 6.45) is 3.85. The van der Waals surface area contributed by atoms with Crippen LogP contribution in [0.3, 0.4) is 0 Å². The Morgan fingerprint density at radius 2 is 2.30 bits per heavy atom. The second-order valence-corrected chi connectivity index (χ2v) is 2.79. The van der Waals surface area contributed by atoms with Crippen LogP contribution in [0.1, 0.15) is 31.0 Å². The van der Waals surface area contributed by atoms with Crippen molar-refractivity contribution in [1.29, 1.82) is 0 Å². The van der Waals surface area contributed by atoms with Crippen molar-refractivity contribution in [3.8, 4) is 0 Å². The third kappa shape index (κ3) is 0.716. The molecular formula is C6H10N4. The van der Waals surface area contributed by atoms with E-state index in [1.165, 1.54) is 19.3 Å². The van der Waals surface area contributed by atoms with E-state index in [0.29, 0.717) is 5.92 Å². The second-order valence-electron chi connectivity index (χ2n) is 2.79. The summed E-state index contributed by atoms with van der Waals surface area (Å²) in [5, 5.41) is 11.3. The molecule has 4 nitrogen and oxygen atoms in total. The largest absolute Gasteiger partial charge is 0.232 e. The van der Waals surface area contributed by atoms with Gasteiger partial charge in [0.1, 0.15) is 0 Å². The summed E-state index contributed by atoms with van der Waals surface area (Å²) in [5.74, 6) is 1.69. The van der Waals surface area contributed by atoms with Gasteiger partial charge in [-0.3, -0.25) is 0 Å². The molecule has 1 aliphatic carbocycles. The first kappa shape index (κ1) is 5.82. The lowest BCUT2D eigenvalue weighted by atomic mass is 9.85. The van der Waals surface area contributed by atoms with Gasteiger partial charge in [0.05, 0.1) is 0 Å². The molecule has 0 amide bonds. The van der Waals surface area contributed by atoms with E-state index in [2.05, 4.69) is 15.5 Å². The Hall–Kier alpha value is -0.930. The maximum atomic E-state index is 3.94. The monoisotopic (exact) mass is 138 g/mol. The highest BCUT2D eigenvalue weighted by Gasteiger charge is 2.23. The van der Waals surface area contributed by atoms with Crippen molar-refractivity contribution in [2.24, 2.45) is 7.05 Å². The molecule has 1 fully saturated rings. The lowest BCUT2D eigenvalue weighted by Crippen LogP contribution is -2.14. The van der Waals surface area contributed by atoms with Gasteiger partial charge < -0.3 is 0 Å². The highest BCUT2D eigenvalue weighted by Crippen LogP contribution is 2.34. The molecule has 1 aromatic heterocycles. The van der Waals surface area contributed by atoms with Crippen LogP contribution in [0.15, 0.2) is 0 Å². The third-order valence-electron chi connectivity index (χ3n) is 2.12. The Bertz CT molecular complexity index is 225. The predicted octanol–water partition coefficient (Wildman–Crippen LogP) is 0.478. The molecule has 1 aliphatic rings. The molecule has 1 aromatic rings. The van der Waals surface area contributed by atoms with E-state index in [0.717, 1.165) is 5.82 Å². The molecule has 54 valence electrons. The van der Waals surface area contributed by atoms with Crippen molar-refractivity contribution in [3.05, 3.63) is 5.82 Å². The van der Waals surface area contributed by atoms with Crippen LogP contribution >= 0.6 is 0 Å². The molecule has 0 radical (unpaired) electrons. The maximum Gasteiger partial charge on any atom is 0.153 e. The molecule has 2 rings (SSSR count). The minimum Gasteiger partial charge on any atom is -0.232 e. The zero-order chi connectivity index (χ0) is 6.97. The van der Waals surface area contributed by atoms with Gasteiger partial charge in [0.25, 0.3) is 0 Å². The lowest BCUT2D eigenvalue weighted by molar-refractivity contribution is 0.388. The van der Waals surface area contributed by atoms with Gasteiger partial charge >= 0.3 is 0 Å². The molecule has 0 N–H and O–H groups in total. The molecular weight excluding hydrogens is 128 g/mol. The molecule has 0 bridgehead atoms. The summed E-state index contributed by atoms with van der Waals surface area (Å²) in [6, 6.07) is 0. The van der Waals surface area contributed by atoms with Gasteiger partial charge in [-0.05, 0) is 23.3 Å². The summed E-state index contributed by atoms with van der Waals surface area (Å²) in [6.45, 7) is 0. The summed E-state index contributed by atoms with van der Waals surface area (Å²) in [4.78, 5) is 0. The first-order chi connectivity index (χ1) is 4.88. The average molecular weight is 138 g/mol. The molecule has 0 atom stereocenters. The molecule has 0 unspecified atom stereocenters. The second kappa shape index (κ2) is 2.04. The van der Waals surface area contributed by atoms with Crippen molar-refractivity contribution in [2.75, 3.05) is 0 Å². The summed E-state index contributed by atoms with van der Waals surface area (Å²) in [7, 11) is 1.90. The smallest absolute Gasteiger partial charge is 0.153 e. The van der Waals surface area contributed by atoms with Gasteiger partial charge in [-0.15, -0.1) is 5.10 Å². The van der Waals surface area contributed by atoms with E-state index in [1.54, 1.807) is 4.68 Å². The van der Waals surface area contributed by atoms with Crippen LogP contribution in [-0.4, -0.2) is 20.2 Å². The lowest BCUT2D eigenvalue weighted by Gasteiger charge is -2.22. The SMILES string of the molecule is Cn1nnnc1C1CCC1. The number of tetrazole rings is 1. The fourth-order valence-electron chi connectivity index (χ4n) is 1.25. The van der Waals surface area contributed by atoms with Crippen LogP contribution in [0, 0.1) is 0 Å². The van der Waals surface area contributed by atoms with Crippen molar-refractivity contribution in [3.63, 3.8) is 0 Å². The third-order valence-corrected chi connectivity index (χ3v) is 2.12. The quantitative estimate of drug-likeness (QED) is 0.566. The van der Waals surface area contributed by atoms with Crippen molar-refractivity contribution < 1.29 is 0 Å². The molecule has 1 heterocycles. The zero-order valence-electron chi connectivity index (χ0n) is 5.99. The molecule has 0 spiro atoms. The predicted molar refractivity (Wildman–Crippen MR) is 35.4 cm³/mol. The Balaban J connectivity index is 2.23. The van der Waals surface area contributed by atoms with Crippen LogP contribution in [0.25, 0.3) is 0 Å². The highest BCUT2D eigenvalue weighted by molar-refractivity contribution is 4.97. The van der Waals surface area contributed by atoms with E-state index in [9.17, 15) is 0 Å². The van der Waals surface area contributed by atoms with Gasteiger partial charge in [0, 0.05) is 13.0 Å². The Labute approximate surface area is 59.2 Å². The maximum absolute atomic E-state index is 3.94. The molecule has 0 aromatic carbocycles. The van der Waals surface area contributed by atoms with Crippen LogP contribution in [0.4, 0.5) is 0 Å². The van der Waals surface area contributed by atoms with E-state index < -0.39 is 0 Å². The highest BCUT2D eigenvalue weighted by atomic mass is 15.5. The van der Waals surface area contributed by atoms with E-state index in [-0.39, 0.29) is 0 Å².